The molecule has 2 heterocycles. The number of benzene rings is 2. The Morgan fingerprint density at radius 3 is 2.57 bits per heavy atom. The van der Waals surface area contributed by atoms with Crippen LogP contribution in [0.25, 0.3) is 5.69 Å². The van der Waals surface area contributed by atoms with Gasteiger partial charge in [0.05, 0.1) is 21.2 Å². The highest BCUT2D eigenvalue weighted by Gasteiger charge is 2.22. The third-order valence-electron chi connectivity index (χ3n) is 4.27. The molecule has 142 valence electrons. The summed E-state index contributed by atoms with van der Waals surface area (Å²) < 4.78 is 1.61. The first-order valence-corrected chi connectivity index (χ1v) is 10.8. The molecule has 28 heavy (non-hydrogen) atoms. The second-order valence-corrected chi connectivity index (χ2v) is 8.58. The van der Waals surface area contributed by atoms with Crippen molar-refractivity contribution < 1.29 is 4.92 Å². The van der Waals surface area contributed by atoms with E-state index in [9.17, 15) is 14.9 Å². The van der Waals surface area contributed by atoms with E-state index in [2.05, 4.69) is 0 Å². The Labute approximate surface area is 174 Å². The van der Waals surface area contributed by atoms with E-state index in [0.717, 1.165) is 23.4 Å². The molecule has 0 spiro atoms. The highest BCUT2D eigenvalue weighted by molar-refractivity contribution is 7.99. The van der Waals surface area contributed by atoms with Crippen LogP contribution in [0.2, 0.25) is 5.02 Å². The Morgan fingerprint density at radius 2 is 1.89 bits per heavy atom. The molecule has 9 heteroatoms. The summed E-state index contributed by atoms with van der Waals surface area (Å²) in [4.78, 5) is 28.9. The van der Waals surface area contributed by atoms with Crippen LogP contribution < -0.4 is 5.56 Å². The van der Waals surface area contributed by atoms with Crippen molar-refractivity contribution in [2.24, 2.45) is 0 Å². The predicted octanol–water partition coefficient (Wildman–Crippen LogP) is 4.73. The van der Waals surface area contributed by atoms with Gasteiger partial charge in [0.25, 0.3) is 11.2 Å². The van der Waals surface area contributed by atoms with E-state index in [1.165, 1.54) is 35.7 Å². The van der Waals surface area contributed by atoms with Crippen LogP contribution in [0.1, 0.15) is 11.3 Å². The molecule has 0 unspecified atom stereocenters. The average Bonchev–Trinajstić information content (AvgIpc) is 3.17. The third kappa shape index (κ3) is 3.80. The van der Waals surface area contributed by atoms with Crippen LogP contribution in [0.5, 0.6) is 0 Å². The molecule has 0 aliphatic carbocycles. The molecule has 0 amide bonds. The minimum Gasteiger partial charge on any atom is -0.268 e. The van der Waals surface area contributed by atoms with Crippen molar-refractivity contribution in [3.63, 3.8) is 0 Å². The molecule has 0 saturated heterocycles. The standard InChI is InChI=1S/C19H14ClN3O3S2/c20-13-3-7-14(8-4-13)22-18(24)17-16(9-10-27-17)21-19(22)28-11-12-1-5-15(6-2-12)23(25)26/h1-8H,9-11H2. The summed E-state index contributed by atoms with van der Waals surface area (Å²) in [5, 5.41) is 12.0. The number of fused-ring (bicyclic) bond motifs is 1. The fourth-order valence-electron chi connectivity index (χ4n) is 2.87. The quantitative estimate of drug-likeness (QED) is 0.251. The van der Waals surface area contributed by atoms with Crippen molar-refractivity contribution in [2.75, 3.05) is 5.75 Å². The largest absolute Gasteiger partial charge is 0.272 e. The zero-order valence-electron chi connectivity index (χ0n) is 14.5. The number of hydrogen-bond donors (Lipinski definition) is 0. The van der Waals surface area contributed by atoms with Crippen molar-refractivity contribution >= 4 is 40.8 Å². The fraction of sp³-hybridized carbons (Fsp3) is 0.158. The van der Waals surface area contributed by atoms with E-state index in [0.29, 0.717) is 26.5 Å². The second-order valence-electron chi connectivity index (χ2n) is 6.10. The number of nitro groups is 1. The molecule has 0 fully saturated rings. The first kappa shape index (κ1) is 19.0. The Hall–Kier alpha value is -2.29. The number of nitro benzene ring substituents is 1. The summed E-state index contributed by atoms with van der Waals surface area (Å²) in [6, 6.07) is 13.5. The van der Waals surface area contributed by atoms with E-state index in [-0.39, 0.29) is 11.2 Å². The van der Waals surface area contributed by atoms with Gasteiger partial charge >= 0.3 is 0 Å². The number of hydrogen-bond acceptors (Lipinski definition) is 6. The van der Waals surface area contributed by atoms with Gasteiger partial charge in [0.1, 0.15) is 0 Å². The molecule has 1 aliphatic rings. The molecule has 0 N–H and O–H groups in total. The van der Waals surface area contributed by atoms with Crippen LogP contribution in [0.4, 0.5) is 5.69 Å². The zero-order chi connectivity index (χ0) is 19.7. The van der Waals surface area contributed by atoms with Crippen LogP contribution in [0.15, 0.2) is 63.4 Å². The molecule has 4 rings (SSSR count). The van der Waals surface area contributed by atoms with Gasteiger partial charge in [-0.2, -0.15) is 0 Å². The van der Waals surface area contributed by atoms with Crippen molar-refractivity contribution in [1.29, 1.82) is 0 Å². The summed E-state index contributed by atoms with van der Waals surface area (Å²) >= 11 is 8.96. The Kier molecular flexibility index (Phi) is 5.43. The van der Waals surface area contributed by atoms with Gasteiger partial charge in [-0.1, -0.05) is 35.5 Å². The lowest BCUT2D eigenvalue weighted by Crippen LogP contribution is -2.23. The van der Waals surface area contributed by atoms with Gasteiger partial charge in [0.15, 0.2) is 5.16 Å². The van der Waals surface area contributed by atoms with Gasteiger partial charge in [-0.25, -0.2) is 4.98 Å². The second kappa shape index (κ2) is 7.98. The Morgan fingerprint density at radius 1 is 1.18 bits per heavy atom. The first-order valence-electron chi connectivity index (χ1n) is 8.44. The molecule has 0 radical (unpaired) electrons. The van der Waals surface area contributed by atoms with Gasteiger partial charge in [0, 0.05) is 35.1 Å². The molecular formula is C19H14ClN3O3S2. The molecule has 1 aliphatic heterocycles. The van der Waals surface area contributed by atoms with Crippen molar-refractivity contribution in [1.82, 2.24) is 9.55 Å². The van der Waals surface area contributed by atoms with E-state index >= 15 is 0 Å². The van der Waals surface area contributed by atoms with Crippen LogP contribution in [-0.4, -0.2) is 20.2 Å². The van der Waals surface area contributed by atoms with Gasteiger partial charge in [-0.3, -0.25) is 19.5 Å². The van der Waals surface area contributed by atoms with Gasteiger partial charge < -0.3 is 0 Å². The molecule has 6 nitrogen and oxygen atoms in total. The molecule has 0 bridgehead atoms. The van der Waals surface area contributed by atoms with E-state index in [4.69, 9.17) is 16.6 Å². The normalized spacial score (nSPS) is 12.8. The van der Waals surface area contributed by atoms with E-state index in [1.807, 2.05) is 0 Å². The molecule has 1 aromatic heterocycles. The highest BCUT2D eigenvalue weighted by atomic mass is 35.5. The summed E-state index contributed by atoms with van der Waals surface area (Å²) in [5.74, 6) is 1.40. The number of rotatable bonds is 5. The van der Waals surface area contributed by atoms with E-state index in [1.54, 1.807) is 41.0 Å². The number of non-ortho nitro benzene ring substituents is 1. The molecule has 2 aromatic carbocycles. The summed E-state index contributed by atoms with van der Waals surface area (Å²) in [5.41, 5.74) is 2.46. The molecular weight excluding hydrogens is 418 g/mol. The molecule has 3 aromatic rings. The maximum absolute atomic E-state index is 13.1. The topological polar surface area (TPSA) is 78.0 Å². The number of nitrogens with zero attached hydrogens (tertiary/aromatic N) is 3. The number of thioether (sulfide) groups is 2. The van der Waals surface area contributed by atoms with Crippen LogP contribution in [-0.2, 0) is 12.2 Å². The average molecular weight is 432 g/mol. The fourth-order valence-corrected chi connectivity index (χ4v) is 5.00. The van der Waals surface area contributed by atoms with Gasteiger partial charge in [-0.05, 0) is 29.8 Å². The zero-order valence-corrected chi connectivity index (χ0v) is 16.9. The maximum Gasteiger partial charge on any atom is 0.272 e. The van der Waals surface area contributed by atoms with Crippen LogP contribution in [0, 0.1) is 10.1 Å². The van der Waals surface area contributed by atoms with E-state index < -0.39 is 4.92 Å². The SMILES string of the molecule is O=c1c2c(nc(SCc3ccc([N+](=O)[O-])cc3)n1-c1ccc(Cl)cc1)CCS2. The Balaban J connectivity index is 1.69. The van der Waals surface area contributed by atoms with Gasteiger partial charge in [0.2, 0.25) is 0 Å². The highest BCUT2D eigenvalue weighted by Crippen LogP contribution is 2.31. The predicted molar refractivity (Wildman–Crippen MR) is 112 cm³/mol. The third-order valence-corrected chi connectivity index (χ3v) is 6.64. The summed E-state index contributed by atoms with van der Waals surface area (Å²) in [7, 11) is 0. The number of aromatic nitrogens is 2. The Bertz CT molecular complexity index is 1100. The lowest BCUT2D eigenvalue weighted by atomic mass is 10.2. The summed E-state index contributed by atoms with van der Waals surface area (Å²) in [6.07, 6.45) is 0.780. The number of halogens is 1. The van der Waals surface area contributed by atoms with Crippen molar-refractivity contribution in [3.05, 3.63) is 85.3 Å². The summed E-state index contributed by atoms with van der Waals surface area (Å²) in [6.45, 7) is 0. The van der Waals surface area contributed by atoms with Gasteiger partial charge in [-0.15, -0.1) is 11.8 Å². The molecule has 0 saturated carbocycles. The number of aryl methyl sites for hydroxylation is 1. The first-order chi connectivity index (χ1) is 13.5. The smallest absolute Gasteiger partial charge is 0.268 e. The monoisotopic (exact) mass is 431 g/mol. The minimum absolute atomic E-state index is 0.0551. The molecule has 0 atom stereocenters. The lowest BCUT2D eigenvalue weighted by Gasteiger charge is -2.14. The minimum atomic E-state index is -0.422. The maximum atomic E-state index is 13.1. The van der Waals surface area contributed by atoms with Crippen LogP contribution >= 0.6 is 35.1 Å². The lowest BCUT2D eigenvalue weighted by molar-refractivity contribution is -0.384. The van der Waals surface area contributed by atoms with Crippen LogP contribution in [0.3, 0.4) is 0 Å². The van der Waals surface area contributed by atoms with Crippen molar-refractivity contribution in [2.45, 2.75) is 22.2 Å². The van der Waals surface area contributed by atoms with Crippen molar-refractivity contribution in [3.8, 4) is 5.69 Å².